The molecule has 0 amide bonds. The fraction of sp³-hybridized carbons (Fsp3) is 0.571. The fourth-order valence-electron chi connectivity index (χ4n) is 2.39. The van der Waals surface area contributed by atoms with Crippen LogP contribution in [0.1, 0.15) is 31.4 Å². The van der Waals surface area contributed by atoms with E-state index < -0.39 is 0 Å². The zero-order valence-corrected chi connectivity index (χ0v) is 10.7. The molecular formula is C14H22N2. The molecule has 0 radical (unpaired) electrons. The summed E-state index contributed by atoms with van der Waals surface area (Å²) < 4.78 is 0. The van der Waals surface area contributed by atoms with Gasteiger partial charge in [0.25, 0.3) is 0 Å². The van der Waals surface area contributed by atoms with Crippen LogP contribution < -0.4 is 10.6 Å². The summed E-state index contributed by atoms with van der Waals surface area (Å²) in [6, 6.07) is 7.01. The van der Waals surface area contributed by atoms with Gasteiger partial charge < -0.3 is 10.6 Å². The van der Waals surface area contributed by atoms with Crippen molar-refractivity contribution in [2.45, 2.75) is 45.7 Å². The number of anilines is 1. The first-order valence-corrected chi connectivity index (χ1v) is 6.06. The van der Waals surface area contributed by atoms with Gasteiger partial charge in [0.2, 0.25) is 0 Å². The standard InChI is InChI=1S/C14H22N2/c1-10-6-5-7-13(11(10)2)16-12-8-14(3,4)15-9-12/h5-7,12,15-16H,8-9H2,1-4H3. The van der Waals surface area contributed by atoms with E-state index in [0.717, 1.165) is 6.54 Å². The number of hydrogen-bond acceptors (Lipinski definition) is 2. The summed E-state index contributed by atoms with van der Waals surface area (Å²) in [4.78, 5) is 0. The van der Waals surface area contributed by atoms with Gasteiger partial charge in [0.15, 0.2) is 0 Å². The summed E-state index contributed by atoms with van der Waals surface area (Å²) in [5.74, 6) is 0. The van der Waals surface area contributed by atoms with Crippen LogP contribution in [0.4, 0.5) is 5.69 Å². The van der Waals surface area contributed by atoms with E-state index in [1.54, 1.807) is 0 Å². The Balaban J connectivity index is 2.08. The van der Waals surface area contributed by atoms with Crippen molar-refractivity contribution in [2.24, 2.45) is 0 Å². The van der Waals surface area contributed by atoms with E-state index in [-0.39, 0.29) is 5.54 Å². The lowest BCUT2D eigenvalue weighted by Crippen LogP contribution is -2.31. The van der Waals surface area contributed by atoms with E-state index in [1.807, 2.05) is 0 Å². The second-order valence-electron chi connectivity index (χ2n) is 5.56. The molecule has 1 aromatic carbocycles. The Morgan fingerprint density at radius 2 is 2.06 bits per heavy atom. The Bertz CT molecular complexity index is 382. The molecule has 0 bridgehead atoms. The second kappa shape index (κ2) is 4.10. The van der Waals surface area contributed by atoms with Crippen molar-refractivity contribution in [3.05, 3.63) is 29.3 Å². The summed E-state index contributed by atoms with van der Waals surface area (Å²) in [6.45, 7) is 9.93. The van der Waals surface area contributed by atoms with Crippen LogP contribution in [0.2, 0.25) is 0 Å². The highest BCUT2D eigenvalue weighted by atomic mass is 15.1. The van der Waals surface area contributed by atoms with Gasteiger partial charge in [-0.3, -0.25) is 0 Å². The number of aryl methyl sites for hydroxylation is 1. The molecule has 0 saturated carbocycles. The minimum absolute atomic E-state index is 0.273. The molecule has 0 aliphatic carbocycles. The molecule has 1 heterocycles. The van der Waals surface area contributed by atoms with Crippen LogP contribution in [-0.2, 0) is 0 Å². The largest absolute Gasteiger partial charge is 0.381 e. The fourth-order valence-corrected chi connectivity index (χ4v) is 2.39. The van der Waals surface area contributed by atoms with Crippen LogP contribution in [0.15, 0.2) is 18.2 Å². The third-order valence-electron chi connectivity index (χ3n) is 3.55. The monoisotopic (exact) mass is 218 g/mol. The molecule has 1 aromatic rings. The Morgan fingerprint density at radius 1 is 1.31 bits per heavy atom. The van der Waals surface area contributed by atoms with Crippen molar-refractivity contribution in [1.29, 1.82) is 0 Å². The molecule has 2 heteroatoms. The minimum atomic E-state index is 0.273. The normalized spacial score (nSPS) is 23.4. The van der Waals surface area contributed by atoms with Gasteiger partial charge in [0.05, 0.1) is 0 Å². The SMILES string of the molecule is Cc1cccc(NC2CNC(C)(C)C2)c1C. The van der Waals surface area contributed by atoms with Crippen LogP contribution in [0.5, 0.6) is 0 Å². The van der Waals surface area contributed by atoms with Gasteiger partial charge in [-0.25, -0.2) is 0 Å². The Hall–Kier alpha value is -1.02. The average Bonchev–Trinajstić information content (AvgIpc) is 2.53. The second-order valence-corrected chi connectivity index (χ2v) is 5.56. The average molecular weight is 218 g/mol. The Kier molecular flexibility index (Phi) is 2.94. The van der Waals surface area contributed by atoms with Gasteiger partial charge in [-0.05, 0) is 51.3 Å². The summed E-state index contributed by atoms with van der Waals surface area (Å²) in [5, 5.41) is 7.18. The van der Waals surface area contributed by atoms with Crippen LogP contribution in [0.3, 0.4) is 0 Å². The van der Waals surface area contributed by atoms with Gasteiger partial charge in [-0.2, -0.15) is 0 Å². The predicted molar refractivity (Wildman–Crippen MR) is 70.0 cm³/mol. The highest BCUT2D eigenvalue weighted by Gasteiger charge is 2.30. The van der Waals surface area contributed by atoms with Crippen molar-refractivity contribution < 1.29 is 0 Å². The lowest BCUT2D eigenvalue weighted by atomic mass is 10.0. The Morgan fingerprint density at radius 3 is 2.69 bits per heavy atom. The summed E-state index contributed by atoms with van der Waals surface area (Å²) in [6.07, 6.45) is 1.18. The van der Waals surface area contributed by atoms with Crippen LogP contribution in [0, 0.1) is 13.8 Å². The Labute approximate surface area is 98.4 Å². The number of nitrogens with one attached hydrogen (secondary N) is 2. The van der Waals surface area contributed by atoms with Crippen molar-refractivity contribution in [3.8, 4) is 0 Å². The predicted octanol–water partition coefficient (Wildman–Crippen LogP) is 2.86. The zero-order valence-electron chi connectivity index (χ0n) is 10.7. The molecule has 1 atom stereocenters. The zero-order chi connectivity index (χ0) is 11.8. The molecule has 1 fully saturated rings. The molecule has 16 heavy (non-hydrogen) atoms. The van der Waals surface area contributed by atoms with Gasteiger partial charge in [-0.15, -0.1) is 0 Å². The van der Waals surface area contributed by atoms with E-state index in [4.69, 9.17) is 0 Å². The maximum absolute atomic E-state index is 3.64. The highest BCUT2D eigenvalue weighted by molar-refractivity contribution is 5.54. The van der Waals surface area contributed by atoms with Crippen LogP contribution in [-0.4, -0.2) is 18.1 Å². The van der Waals surface area contributed by atoms with E-state index in [0.29, 0.717) is 6.04 Å². The van der Waals surface area contributed by atoms with Crippen molar-refractivity contribution in [3.63, 3.8) is 0 Å². The molecule has 2 nitrogen and oxygen atoms in total. The molecular weight excluding hydrogens is 196 g/mol. The van der Waals surface area contributed by atoms with Gasteiger partial charge >= 0.3 is 0 Å². The van der Waals surface area contributed by atoms with Gasteiger partial charge in [0.1, 0.15) is 0 Å². The van der Waals surface area contributed by atoms with E-state index in [2.05, 4.69) is 56.5 Å². The first-order chi connectivity index (χ1) is 7.48. The summed E-state index contributed by atoms with van der Waals surface area (Å²) in [7, 11) is 0. The lowest BCUT2D eigenvalue weighted by Gasteiger charge is -2.19. The number of hydrogen-bond donors (Lipinski definition) is 2. The van der Waals surface area contributed by atoms with Gasteiger partial charge in [0, 0.05) is 23.8 Å². The van der Waals surface area contributed by atoms with Crippen molar-refractivity contribution in [2.75, 3.05) is 11.9 Å². The molecule has 1 unspecified atom stereocenters. The van der Waals surface area contributed by atoms with Crippen molar-refractivity contribution >= 4 is 5.69 Å². The topological polar surface area (TPSA) is 24.1 Å². The molecule has 0 aromatic heterocycles. The van der Waals surface area contributed by atoms with Crippen LogP contribution in [0.25, 0.3) is 0 Å². The van der Waals surface area contributed by atoms with E-state index in [9.17, 15) is 0 Å². The van der Waals surface area contributed by atoms with Gasteiger partial charge in [-0.1, -0.05) is 12.1 Å². The number of benzene rings is 1. The maximum atomic E-state index is 3.64. The summed E-state index contributed by atoms with van der Waals surface area (Å²) in [5.41, 5.74) is 4.28. The minimum Gasteiger partial charge on any atom is -0.381 e. The first-order valence-electron chi connectivity index (χ1n) is 6.06. The molecule has 2 N–H and O–H groups in total. The third-order valence-corrected chi connectivity index (χ3v) is 3.55. The first kappa shape index (κ1) is 11.5. The maximum Gasteiger partial charge on any atom is 0.0403 e. The quantitative estimate of drug-likeness (QED) is 0.797. The van der Waals surface area contributed by atoms with Crippen molar-refractivity contribution in [1.82, 2.24) is 5.32 Å². The van der Waals surface area contributed by atoms with E-state index in [1.165, 1.54) is 23.2 Å². The molecule has 1 aliphatic heterocycles. The highest BCUT2D eigenvalue weighted by Crippen LogP contribution is 2.24. The molecule has 2 rings (SSSR count). The smallest absolute Gasteiger partial charge is 0.0403 e. The molecule has 1 saturated heterocycles. The molecule has 88 valence electrons. The third kappa shape index (κ3) is 2.38. The molecule has 0 spiro atoms. The summed E-state index contributed by atoms with van der Waals surface area (Å²) >= 11 is 0. The number of rotatable bonds is 2. The van der Waals surface area contributed by atoms with Crippen LogP contribution >= 0.6 is 0 Å². The van der Waals surface area contributed by atoms with E-state index >= 15 is 0 Å². The molecule has 1 aliphatic rings. The lowest BCUT2D eigenvalue weighted by molar-refractivity contribution is 0.457.